The molecule has 0 radical (unpaired) electrons. The first-order chi connectivity index (χ1) is 12.4. The van der Waals surface area contributed by atoms with E-state index in [4.69, 9.17) is 9.47 Å². The second kappa shape index (κ2) is 6.13. The highest BCUT2D eigenvalue weighted by molar-refractivity contribution is 5.89. The van der Waals surface area contributed by atoms with Crippen LogP contribution in [0.3, 0.4) is 0 Å². The predicted octanol–water partition coefficient (Wildman–Crippen LogP) is 3.96. The maximum atomic E-state index is 11.9. The minimum atomic E-state index is -0.393. The summed E-state index contributed by atoms with van der Waals surface area (Å²) < 4.78 is 10.8. The van der Waals surface area contributed by atoms with E-state index in [1.54, 1.807) is 6.92 Å². The minimum Gasteiger partial charge on any atom is -0.427 e. The van der Waals surface area contributed by atoms with Gasteiger partial charge in [0.15, 0.2) is 0 Å². The Balaban J connectivity index is 1.79. The van der Waals surface area contributed by atoms with Gasteiger partial charge in [-0.05, 0) is 90.3 Å². The van der Waals surface area contributed by atoms with Crippen LogP contribution in [0.4, 0.5) is 0 Å². The van der Waals surface area contributed by atoms with Gasteiger partial charge in [0, 0.05) is 12.5 Å². The lowest BCUT2D eigenvalue weighted by Crippen LogP contribution is -2.16. The largest absolute Gasteiger partial charge is 0.427 e. The van der Waals surface area contributed by atoms with Crippen LogP contribution in [0.15, 0.2) is 36.4 Å². The fourth-order valence-corrected chi connectivity index (χ4v) is 3.92. The molecule has 0 aliphatic heterocycles. The molecule has 0 bridgehead atoms. The van der Waals surface area contributed by atoms with E-state index in [0.29, 0.717) is 17.1 Å². The quantitative estimate of drug-likeness (QED) is 0.479. The third-order valence-corrected chi connectivity index (χ3v) is 4.95. The zero-order chi connectivity index (χ0) is 18.4. The Labute approximate surface area is 152 Å². The molecule has 0 amide bonds. The second-order valence-electron chi connectivity index (χ2n) is 7.00. The molecule has 0 fully saturated rings. The third kappa shape index (κ3) is 2.81. The van der Waals surface area contributed by atoms with Crippen molar-refractivity contribution in [2.75, 3.05) is 0 Å². The molecule has 4 nitrogen and oxygen atoms in total. The van der Waals surface area contributed by atoms with Crippen molar-refractivity contribution in [3.05, 3.63) is 58.7 Å². The van der Waals surface area contributed by atoms with E-state index in [-0.39, 0.29) is 5.97 Å². The molecule has 26 heavy (non-hydrogen) atoms. The molecule has 0 saturated carbocycles. The predicted molar refractivity (Wildman–Crippen MR) is 98.5 cm³/mol. The Hall–Kier alpha value is -2.88. The summed E-state index contributed by atoms with van der Waals surface area (Å²) in [5, 5.41) is 0. The van der Waals surface area contributed by atoms with Crippen molar-refractivity contribution in [2.24, 2.45) is 0 Å². The summed E-state index contributed by atoms with van der Waals surface area (Å²) in [5.74, 6) is 0.532. The normalized spacial score (nSPS) is 13.6. The lowest BCUT2D eigenvalue weighted by atomic mass is 9.75. The number of aryl methyl sites for hydroxylation is 4. The van der Waals surface area contributed by atoms with Crippen molar-refractivity contribution in [3.63, 3.8) is 0 Å². The van der Waals surface area contributed by atoms with Gasteiger partial charge in [0.25, 0.3) is 0 Å². The molecular formula is C22H20O4. The van der Waals surface area contributed by atoms with Gasteiger partial charge in [-0.2, -0.15) is 0 Å². The van der Waals surface area contributed by atoms with Gasteiger partial charge in [0.2, 0.25) is 0 Å². The third-order valence-electron chi connectivity index (χ3n) is 4.95. The zero-order valence-electron chi connectivity index (χ0n) is 15.0. The van der Waals surface area contributed by atoms with Crippen molar-refractivity contribution >= 4 is 11.9 Å². The van der Waals surface area contributed by atoms with Crippen molar-refractivity contribution in [1.29, 1.82) is 0 Å². The van der Waals surface area contributed by atoms with Gasteiger partial charge in [-0.25, -0.2) is 4.79 Å². The smallest absolute Gasteiger partial charge is 0.338 e. The summed E-state index contributed by atoms with van der Waals surface area (Å²) in [6, 6.07) is 7.90. The number of hydrogen-bond donors (Lipinski definition) is 0. The standard InChI is InChI=1S/C22H20O4/c1-12(2)22(24)26-19-10-16-6-4-14-8-18(25-13(3)23)9-15-5-7-17(11-19)21(16)20(14)15/h8-11H,1,4-7H2,2-3H3. The SMILES string of the molecule is C=C(C)C(=O)Oc1cc2c3c(c1)CCc1cc(OC(C)=O)cc(c1-3)CC2. The topological polar surface area (TPSA) is 52.6 Å². The molecule has 4 rings (SSSR count). The summed E-state index contributed by atoms with van der Waals surface area (Å²) in [5.41, 5.74) is 7.78. The molecule has 2 aliphatic rings. The van der Waals surface area contributed by atoms with Crippen LogP contribution in [0, 0.1) is 0 Å². The minimum absolute atomic E-state index is 0.297. The van der Waals surface area contributed by atoms with Crippen molar-refractivity contribution in [1.82, 2.24) is 0 Å². The van der Waals surface area contributed by atoms with Gasteiger partial charge in [0.1, 0.15) is 11.5 Å². The van der Waals surface area contributed by atoms with Crippen LogP contribution >= 0.6 is 0 Å². The molecule has 0 aromatic heterocycles. The van der Waals surface area contributed by atoms with Crippen LogP contribution in [-0.2, 0) is 35.3 Å². The number of ether oxygens (including phenoxy) is 2. The molecule has 4 heteroatoms. The van der Waals surface area contributed by atoms with E-state index in [0.717, 1.165) is 25.7 Å². The highest BCUT2D eigenvalue weighted by Gasteiger charge is 2.27. The fourth-order valence-electron chi connectivity index (χ4n) is 3.92. The van der Waals surface area contributed by atoms with Crippen LogP contribution in [0.25, 0.3) is 11.1 Å². The Morgan fingerprint density at radius 1 is 0.769 bits per heavy atom. The molecule has 0 N–H and O–H groups in total. The number of carbonyl (C=O) groups excluding carboxylic acids is 2. The highest BCUT2D eigenvalue weighted by atomic mass is 16.5. The summed E-state index contributed by atoms with van der Waals surface area (Å²) in [6.07, 6.45) is 3.50. The summed E-state index contributed by atoms with van der Waals surface area (Å²) in [4.78, 5) is 23.1. The van der Waals surface area contributed by atoms with E-state index in [2.05, 4.69) is 6.58 Å². The van der Waals surface area contributed by atoms with Crippen LogP contribution in [0.1, 0.15) is 36.1 Å². The van der Waals surface area contributed by atoms with Crippen LogP contribution in [0.5, 0.6) is 11.5 Å². The number of benzene rings is 2. The monoisotopic (exact) mass is 348 g/mol. The van der Waals surface area contributed by atoms with Gasteiger partial charge < -0.3 is 9.47 Å². The van der Waals surface area contributed by atoms with E-state index in [1.165, 1.54) is 40.3 Å². The maximum Gasteiger partial charge on any atom is 0.338 e. The number of esters is 2. The molecule has 2 aromatic carbocycles. The molecule has 0 unspecified atom stereocenters. The van der Waals surface area contributed by atoms with Gasteiger partial charge >= 0.3 is 11.9 Å². The first-order valence-electron chi connectivity index (χ1n) is 8.80. The molecule has 2 aromatic rings. The average molecular weight is 348 g/mol. The molecule has 2 aliphatic carbocycles. The Bertz CT molecular complexity index is 918. The fraction of sp³-hybridized carbons (Fsp3) is 0.273. The Morgan fingerprint density at radius 3 is 1.50 bits per heavy atom. The molecule has 0 atom stereocenters. The van der Waals surface area contributed by atoms with E-state index >= 15 is 0 Å². The molecular weight excluding hydrogens is 328 g/mol. The van der Waals surface area contributed by atoms with Crippen LogP contribution in [0.2, 0.25) is 0 Å². The average Bonchev–Trinajstić information content (AvgIpc) is 2.58. The first-order valence-corrected chi connectivity index (χ1v) is 8.80. The molecule has 0 saturated heterocycles. The molecule has 132 valence electrons. The lowest BCUT2D eigenvalue weighted by molar-refractivity contribution is -0.132. The molecule has 0 heterocycles. The van der Waals surface area contributed by atoms with Crippen LogP contribution in [-0.4, -0.2) is 11.9 Å². The number of carbonyl (C=O) groups is 2. The number of hydrogen-bond acceptors (Lipinski definition) is 4. The lowest BCUT2D eigenvalue weighted by Gasteiger charge is -2.30. The van der Waals surface area contributed by atoms with Gasteiger partial charge in [-0.1, -0.05) is 6.58 Å². The highest BCUT2D eigenvalue weighted by Crippen LogP contribution is 2.45. The van der Waals surface area contributed by atoms with E-state index < -0.39 is 5.97 Å². The van der Waals surface area contributed by atoms with Crippen molar-refractivity contribution < 1.29 is 19.1 Å². The number of rotatable bonds is 3. The van der Waals surface area contributed by atoms with Crippen molar-refractivity contribution in [3.8, 4) is 22.6 Å². The Morgan fingerprint density at radius 2 is 1.15 bits per heavy atom. The van der Waals surface area contributed by atoms with Gasteiger partial charge in [-0.15, -0.1) is 0 Å². The summed E-state index contributed by atoms with van der Waals surface area (Å²) in [7, 11) is 0. The summed E-state index contributed by atoms with van der Waals surface area (Å²) >= 11 is 0. The van der Waals surface area contributed by atoms with Gasteiger partial charge in [-0.3, -0.25) is 4.79 Å². The Kier molecular flexibility index (Phi) is 3.91. The van der Waals surface area contributed by atoms with Crippen molar-refractivity contribution in [2.45, 2.75) is 39.5 Å². The second-order valence-corrected chi connectivity index (χ2v) is 7.00. The zero-order valence-corrected chi connectivity index (χ0v) is 15.0. The summed E-state index contributed by atoms with van der Waals surface area (Å²) in [6.45, 7) is 6.71. The van der Waals surface area contributed by atoms with E-state index in [9.17, 15) is 9.59 Å². The first kappa shape index (κ1) is 16.6. The van der Waals surface area contributed by atoms with Gasteiger partial charge in [0.05, 0.1) is 0 Å². The molecule has 0 spiro atoms. The van der Waals surface area contributed by atoms with E-state index in [1.807, 2.05) is 24.3 Å². The van der Waals surface area contributed by atoms with Crippen LogP contribution < -0.4 is 9.47 Å². The maximum absolute atomic E-state index is 11.9.